The van der Waals surface area contributed by atoms with Crippen LogP contribution in [0.25, 0.3) is 0 Å². The molecular formula is C8H8FN. The second-order valence-corrected chi connectivity index (χ2v) is 2.59. The molecule has 1 nitrogen and oxygen atoms in total. The van der Waals surface area contributed by atoms with Crippen LogP contribution in [0.1, 0.15) is 17.7 Å². The molecule has 0 saturated heterocycles. The first kappa shape index (κ1) is 5.83. The van der Waals surface area contributed by atoms with E-state index in [-0.39, 0.29) is 5.95 Å². The van der Waals surface area contributed by atoms with Gasteiger partial charge in [0.1, 0.15) is 0 Å². The molecule has 2 heteroatoms. The maximum absolute atomic E-state index is 12.5. The van der Waals surface area contributed by atoms with Gasteiger partial charge in [-0.15, -0.1) is 0 Å². The Kier molecular flexibility index (Phi) is 1.19. The van der Waals surface area contributed by atoms with Gasteiger partial charge in [0, 0.05) is 5.69 Å². The van der Waals surface area contributed by atoms with Gasteiger partial charge in [0.2, 0.25) is 5.95 Å². The smallest absolute Gasteiger partial charge is 0.213 e. The Hall–Kier alpha value is -0.920. The van der Waals surface area contributed by atoms with Crippen molar-refractivity contribution in [1.29, 1.82) is 0 Å². The molecule has 1 heterocycles. The van der Waals surface area contributed by atoms with Gasteiger partial charge in [0.25, 0.3) is 0 Å². The number of rotatable bonds is 0. The molecule has 1 aliphatic carbocycles. The molecule has 0 aromatic carbocycles. The lowest BCUT2D eigenvalue weighted by molar-refractivity contribution is 0.578. The summed E-state index contributed by atoms with van der Waals surface area (Å²) >= 11 is 0. The van der Waals surface area contributed by atoms with Crippen LogP contribution in [-0.4, -0.2) is 4.98 Å². The number of fused-ring (bicyclic) bond motifs is 1. The van der Waals surface area contributed by atoms with Crippen molar-refractivity contribution >= 4 is 0 Å². The van der Waals surface area contributed by atoms with Crippen molar-refractivity contribution in [3.05, 3.63) is 29.3 Å². The van der Waals surface area contributed by atoms with E-state index in [2.05, 4.69) is 4.98 Å². The van der Waals surface area contributed by atoms with Gasteiger partial charge >= 0.3 is 0 Å². The van der Waals surface area contributed by atoms with Gasteiger partial charge in [-0.25, -0.2) is 4.98 Å². The van der Waals surface area contributed by atoms with Crippen molar-refractivity contribution in [1.82, 2.24) is 4.98 Å². The number of hydrogen-bond acceptors (Lipinski definition) is 1. The maximum atomic E-state index is 12.5. The fourth-order valence-corrected chi connectivity index (χ4v) is 1.39. The number of aryl methyl sites for hydroxylation is 2. The average molecular weight is 137 g/mol. The van der Waals surface area contributed by atoms with Gasteiger partial charge in [0.05, 0.1) is 0 Å². The molecular weight excluding hydrogens is 129 g/mol. The summed E-state index contributed by atoms with van der Waals surface area (Å²) in [6.45, 7) is 0. The summed E-state index contributed by atoms with van der Waals surface area (Å²) in [5.41, 5.74) is 2.18. The van der Waals surface area contributed by atoms with E-state index < -0.39 is 0 Å². The number of pyridine rings is 1. The largest absolute Gasteiger partial charge is 0.225 e. The van der Waals surface area contributed by atoms with Gasteiger partial charge in [0.15, 0.2) is 0 Å². The summed E-state index contributed by atoms with van der Waals surface area (Å²) in [5, 5.41) is 0. The summed E-state index contributed by atoms with van der Waals surface area (Å²) < 4.78 is 12.5. The first-order valence-electron chi connectivity index (χ1n) is 3.50. The minimum absolute atomic E-state index is 0.347. The molecule has 52 valence electrons. The Morgan fingerprint density at radius 2 is 2.20 bits per heavy atom. The molecule has 0 radical (unpaired) electrons. The third kappa shape index (κ3) is 0.801. The van der Waals surface area contributed by atoms with Crippen LogP contribution in [-0.2, 0) is 12.8 Å². The second kappa shape index (κ2) is 2.04. The van der Waals surface area contributed by atoms with Crippen LogP contribution < -0.4 is 0 Å². The van der Waals surface area contributed by atoms with Gasteiger partial charge in [-0.1, -0.05) is 6.07 Å². The quantitative estimate of drug-likeness (QED) is 0.496. The molecule has 2 rings (SSSR count). The molecule has 0 bridgehead atoms. The van der Waals surface area contributed by atoms with Crippen LogP contribution in [0.15, 0.2) is 12.1 Å². The van der Waals surface area contributed by atoms with E-state index in [1.807, 2.05) is 6.07 Å². The minimum Gasteiger partial charge on any atom is -0.225 e. The van der Waals surface area contributed by atoms with Gasteiger partial charge in [-0.05, 0) is 30.9 Å². The third-order valence-corrected chi connectivity index (χ3v) is 1.89. The lowest BCUT2D eigenvalue weighted by Gasteiger charge is -1.94. The van der Waals surface area contributed by atoms with Crippen LogP contribution in [0.5, 0.6) is 0 Å². The topological polar surface area (TPSA) is 12.9 Å². The van der Waals surface area contributed by atoms with Crippen LogP contribution in [0.3, 0.4) is 0 Å². The normalized spacial score (nSPS) is 15.3. The van der Waals surface area contributed by atoms with Crippen molar-refractivity contribution in [2.24, 2.45) is 0 Å². The Bertz CT molecular complexity index is 257. The predicted molar refractivity (Wildman–Crippen MR) is 36.2 cm³/mol. The van der Waals surface area contributed by atoms with Crippen LogP contribution in [0.4, 0.5) is 4.39 Å². The Morgan fingerprint density at radius 3 is 3.10 bits per heavy atom. The van der Waals surface area contributed by atoms with Gasteiger partial charge < -0.3 is 0 Å². The summed E-state index contributed by atoms with van der Waals surface area (Å²) in [7, 11) is 0. The molecule has 0 spiro atoms. The molecule has 1 aromatic rings. The lowest BCUT2D eigenvalue weighted by atomic mass is 10.2. The highest BCUT2D eigenvalue weighted by molar-refractivity contribution is 5.24. The molecule has 0 saturated carbocycles. The number of hydrogen-bond donors (Lipinski definition) is 0. The van der Waals surface area contributed by atoms with Gasteiger partial charge in [-0.2, -0.15) is 4.39 Å². The first-order valence-corrected chi connectivity index (χ1v) is 3.50. The monoisotopic (exact) mass is 137 g/mol. The zero-order chi connectivity index (χ0) is 6.97. The highest BCUT2D eigenvalue weighted by Gasteiger charge is 2.11. The highest BCUT2D eigenvalue weighted by atomic mass is 19.1. The Labute approximate surface area is 58.9 Å². The van der Waals surface area contributed by atoms with Crippen LogP contribution in [0.2, 0.25) is 0 Å². The SMILES string of the molecule is Fc1ccc2c(n1)CCC2. The van der Waals surface area contributed by atoms with Gasteiger partial charge in [-0.3, -0.25) is 0 Å². The van der Waals surface area contributed by atoms with E-state index in [4.69, 9.17) is 0 Å². The molecule has 0 aliphatic heterocycles. The van der Waals surface area contributed by atoms with Crippen molar-refractivity contribution in [3.63, 3.8) is 0 Å². The molecule has 1 aromatic heterocycles. The second-order valence-electron chi connectivity index (χ2n) is 2.59. The molecule has 0 N–H and O–H groups in total. The van der Waals surface area contributed by atoms with Crippen molar-refractivity contribution < 1.29 is 4.39 Å². The molecule has 0 amide bonds. The summed E-state index contributed by atoms with van der Waals surface area (Å²) in [6.07, 6.45) is 3.15. The van der Waals surface area contributed by atoms with E-state index in [0.29, 0.717) is 0 Å². The first-order chi connectivity index (χ1) is 4.86. The molecule has 0 unspecified atom stereocenters. The third-order valence-electron chi connectivity index (χ3n) is 1.89. The fourth-order valence-electron chi connectivity index (χ4n) is 1.39. The predicted octanol–water partition coefficient (Wildman–Crippen LogP) is 1.71. The Balaban J connectivity index is 2.52. The summed E-state index contributed by atoms with van der Waals surface area (Å²) in [6, 6.07) is 3.27. The standard InChI is InChI=1S/C8H8FN/c9-8-5-4-6-2-1-3-7(6)10-8/h4-5H,1-3H2. The highest BCUT2D eigenvalue weighted by Crippen LogP contribution is 2.19. The van der Waals surface area contributed by atoms with E-state index in [0.717, 1.165) is 25.0 Å². The number of aromatic nitrogens is 1. The van der Waals surface area contributed by atoms with Crippen molar-refractivity contribution in [2.45, 2.75) is 19.3 Å². The zero-order valence-corrected chi connectivity index (χ0v) is 5.60. The number of halogens is 1. The summed E-state index contributed by atoms with van der Waals surface area (Å²) in [5.74, 6) is -0.347. The molecule has 1 aliphatic rings. The minimum atomic E-state index is -0.347. The zero-order valence-electron chi connectivity index (χ0n) is 5.60. The molecule has 0 atom stereocenters. The number of nitrogens with zero attached hydrogens (tertiary/aromatic N) is 1. The summed E-state index contributed by atoms with van der Waals surface area (Å²) in [4.78, 5) is 3.79. The fraction of sp³-hybridized carbons (Fsp3) is 0.375. The van der Waals surface area contributed by atoms with E-state index in [1.165, 1.54) is 11.6 Å². The lowest BCUT2D eigenvalue weighted by Crippen LogP contribution is -1.90. The van der Waals surface area contributed by atoms with Crippen molar-refractivity contribution in [2.75, 3.05) is 0 Å². The van der Waals surface area contributed by atoms with Crippen molar-refractivity contribution in [3.8, 4) is 0 Å². The van der Waals surface area contributed by atoms with E-state index >= 15 is 0 Å². The molecule has 0 fully saturated rings. The van der Waals surface area contributed by atoms with Crippen LogP contribution in [0, 0.1) is 5.95 Å². The maximum Gasteiger partial charge on any atom is 0.213 e. The average Bonchev–Trinajstić information content (AvgIpc) is 2.33. The van der Waals surface area contributed by atoms with E-state index in [9.17, 15) is 4.39 Å². The van der Waals surface area contributed by atoms with Crippen LogP contribution >= 0.6 is 0 Å². The van der Waals surface area contributed by atoms with E-state index in [1.54, 1.807) is 0 Å². The molecule has 10 heavy (non-hydrogen) atoms. The Morgan fingerprint density at radius 1 is 1.30 bits per heavy atom.